The lowest BCUT2D eigenvalue weighted by Gasteiger charge is -2.30. The Labute approximate surface area is 190 Å². The summed E-state index contributed by atoms with van der Waals surface area (Å²) >= 11 is 0. The summed E-state index contributed by atoms with van der Waals surface area (Å²) in [5, 5.41) is 8.01. The predicted molar refractivity (Wildman–Crippen MR) is 134 cm³/mol. The number of benzene rings is 2. The lowest BCUT2D eigenvalue weighted by atomic mass is 9.91. The third-order valence-corrected chi connectivity index (χ3v) is 6.13. The average molecular weight is 429 g/mol. The summed E-state index contributed by atoms with van der Waals surface area (Å²) in [4.78, 5) is 19.6. The van der Waals surface area contributed by atoms with E-state index in [1.165, 1.54) is 5.69 Å². The van der Waals surface area contributed by atoms with Crippen molar-refractivity contribution >= 4 is 34.4 Å². The molecule has 166 valence electrons. The van der Waals surface area contributed by atoms with E-state index < -0.39 is 0 Å². The Morgan fingerprint density at radius 1 is 0.969 bits per heavy atom. The Hall–Kier alpha value is -3.34. The number of nitrogens with zero attached hydrogens (tertiary/aromatic N) is 2. The number of carbonyl (C=O) groups is 1. The number of amides is 1. The molecular weight excluding hydrogens is 396 g/mol. The molecule has 5 heteroatoms. The predicted octanol–water partition coefficient (Wildman–Crippen LogP) is 5.24. The minimum absolute atomic E-state index is 0.0251. The zero-order valence-corrected chi connectivity index (χ0v) is 19.1. The smallest absolute Gasteiger partial charge is 0.247 e. The van der Waals surface area contributed by atoms with E-state index in [4.69, 9.17) is 4.98 Å². The van der Waals surface area contributed by atoms with Crippen LogP contribution < -0.4 is 15.5 Å². The minimum atomic E-state index is 0.0251. The summed E-state index contributed by atoms with van der Waals surface area (Å²) in [6.07, 6.45) is 5.90. The number of fused-ring (bicyclic) bond motifs is 1. The van der Waals surface area contributed by atoms with Gasteiger partial charge in [-0.15, -0.1) is 0 Å². The summed E-state index contributed by atoms with van der Waals surface area (Å²) in [7, 11) is 4.13. The minimum Gasteiger partial charge on any atom is -0.377 e. The monoisotopic (exact) mass is 428 g/mol. The van der Waals surface area contributed by atoms with Crippen molar-refractivity contribution in [1.29, 1.82) is 0 Å². The van der Waals surface area contributed by atoms with Crippen LogP contribution in [0.15, 0.2) is 66.2 Å². The Kier molecular flexibility index (Phi) is 6.74. The van der Waals surface area contributed by atoms with Crippen molar-refractivity contribution in [3.8, 4) is 0 Å². The van der Waals surface area contributed by atoms with Crippen molar-refractivity contribution in [3.05, 3.63) is 71.8 Å². The van der Waals surface area contributed by atoms with Gasteiger partial charge in [-0.05, 0) is 50.3 Å². The molecule has 1 amide bonds. The molecule has 0 spiro atoms. The lowest BCUT2D eigenvalue weighted by Crippen LogP contribution is -2.40. The molecule has 1 heterocycles. The van der Waals surface area contributed by atoms with Gasteiger partial charge in [0.25, 0.3) is 0 Å². The van der Waals surface area contributed by atoms with E-state index in [9.17, 15) is 4.79 Å². The maximum atomic E-state index is 12.6. The summed E-state index contributed by atoms with van der Waals surface area (Å²) in [6, 6.07) is 20.9. The molecule has 0 bridgehead atoms. The maximum Gasteiger partial charge on any atom is 0.247 e. The normalized spacial score (nSPS) is 18.9. The summed E-state index contributed by atoms with van der Waals surface area (Å²) in [5.41, 5.74) is 3.96. The van der Waals surface area contributed by atoms with Gasteiger partial charge in [-0.25, -0.2) is 4.98 Å². The van der Waals surface area contributed by atoms with Gasteiger partial charge < -0.3 is 15.5 Å². The van der Waals surface area contributed by atoms with Gasteiger partial charge in [-0.1, -0.05) is 48.5 Å². The van der Waals surface area contributed by atoms with Crippen LogP contribution in [0.2, 0.25) is 0 Å². The number of rotatable bonds is 6. The van der Waals surface area contributed by atoms with Crippen LogP contribution in [0.4, 0.5) is 11.5 Å². The zero-order valence-electron chi connectivity index (χ0n) is 19.1. The summed E-state index contributed by atoms with van der Waals surface area (Å²) < 4.78 is 0. The second-order valence-electron chi connectivity index (χ2n) is 8.84. The first-order chi connectivity index (χ1) is 15.5. The molecule has 3 aromatic rings. The van der Waals surface area contributed by atoms with Crippen LogP contribution in [-0.2, 0) is 4.79 Å². The van der Waals surface area contributed by atoms with Gasteiger partial charge in [0.1, 0.15) is 5.82 Å². The number of nitrogens with one attached hydrogen (secondary N) is 2. The second kappa shape index (κ2) is 9.86. The third kappa shape index (κ3) is 5.28. The van der Waals surface area contributed by atoms with Crippen molar-refractivity contribution in [2.24, 2.45) is 0 Å². The largest absolute Gasteiger partial charge is 0.377 e. The molecule has 2 aromatic carbocycles. The van der Waals surface area contributed by atoms with Gasteiger partial charge in [0, 0.05) is 48.9 Å². The summed E-state index contributed by atoms with van der Waals surface area (Å²) in [6.45, 7) is 1.88. The van der Waals surface area contributed by atoms with Gasteiger partial charge in [0.2, 0.25) is 5.91 Å². The topological polar surface area (TPSA) is 57.3 Å². The van der Waals surface area contributed by atoms with Crippen molar-refractivity contribution in [3.63, 3.8) is 0 Å². The SMILES string of the molecule is CC(=Cc1ccccc1)C(=O)N[C@H]1CC[C@@H](Nc2cc(N(C)C)c3ccccc3n2)CC1. The highest BCUT2D eigenvalue weighted by Gasteiger charge is 2.23. The fourth-order valence-corrected chi connectivity index (χ4v) is 4.36. The van der Waals surface area contributed by atoms with E-state index >= 15 is 0 Å². The molecule has 0 radical (unpaired) electrons. The first-order valence-electron chi connectivity index (χ1n) is 11.4. The molecule has 0 atom stereocenters. The number of aromatic nitrogens is 1. The molecule has 5 nitrogen and oxygen atoms in total. The highest BCUT2D eigenvalue weighted by Crippen LogP contribution is 2.29. The van der Waals surface area contributed by atoms with Gasteiger partial charge in [-0.2, -0.15) is 0 Å². The first-order valence-corrected chi connectivity index (χ1v) is 11.4. The molecule has 4 rings (SSSR count). The Bertz CT molecular complexity index is 1100. The van der Waals surface area contributed by atoms with E-state index in [0.29, 0.717) is 6.04 Å². The number of hydrogen-bond acceptors (Lipinski definition) is 4. The summed E-state index contributed by atoms with van der Waals surface area (Å²) in [5.74, 6) is 0.943. The fraction of sp³-hybridized carbons (Fsp3) is 0.333. The Morgan fingerprint density at radius 3 is 2.34 bits per heavy atom. The zero-order chi connectivity index (χ0) is 22.5. The molecule has 0 aliphatic heterocycles. The van der Waals surface area contributed by atoms with Crippen LogP contribution in [0.3, 0.4) is 0 Å². The van der Waals surface area contributed by atoms with E-state index in [1.54, 1.807) is 0 Å². The third-order valence-electron chi connectivity index (χ3n) is 6.13. The lowest BCUT2D eigenvalue weighted by molar-refractivity contribution is -0.118. The molecule has 0 unspecified atom stereocenters. The Morgan fingerprint density at radius 2 is 1.62 bits per heavy atom. The van der Waals surface area contributed by atoms with Crippen molar-refractivity contribution in [2.45, 2.75) is 44.7 Å². The maximum absolute atomic E-state index is 12.6. The van der Waals surface area contributed by atoms with E-state index in [2.05, 4.69) is 53.9 Å². The first kappa shape index (κ1) is 21.9. The Balaban J connectivity index is 1.34. The van der Waals surface area contributed by atoms with E-state index in [-0.39, 0.29) is 11.9 Å². The highest BCUT2D eigenvalue weighted by molar-refractivity contribution is 5.97. The van der Waals surface area contributed by atoms with E-state index in [0.717, 1.165) is 53.5 Å². The van der Waals surface area contributed by atoms with Crippen LogP contribution in [0.5, 0.6) is 0 Å². The highest BCUT2D eigenvalue weighted by atomic mass is 16.1. The quantitative estimate of drug-likeness (QED) is 0.527. The molecule has 32 heavy (non-hydrogen) atoms. The number of carbonyl (C=O) groups excluding carboxylic acids is 1. The van der Waals surface area contributed by atoms with Crippen molar-refractivity contribution in [1.82, 2.24) is 10.3 Å². The molecule has 1 aliphatic carbocycles. The molecule has 1 aliphatic rings. The number of anilines is 2. The molecule has 0 saturated heterocycles. The van der Waals surface area contributed by atoms with Gasteiger partial charge in [-0.3, -0.25) is 4.79 Å². The van der Waals surface area contributed by atoms with Crippen LogP contribution in [-0.4, -0.2) is 37.1 Å². The fourth-order valence-electron chi connectivity index (χ4n) is 4.36. The molecular formula is C27H32N4O. The average Bonchev–Trinajstić information content (AvgIpc) is 2.80. The van der Waals surface area contributed by atoms with Crippen molar-refractivity contribution < 1.29 is 4.79 Å². The van der Waals surface area contributed by atoms with Gasteiger partial charge in [0.15, 0.2) is 0 Å². The van der Waals surface area contributed by atoms with Crippen LogP contribution in [0.25, 0.3) is 17.0 Å². The van der Waals surface area contributed by atoms with Crippen molar-refractivity contribution in [2.75, 3.05) is 24.3 Å². The van der Waals surface area contributed by atoms with Crippen LogP contribution in [0.1, 0.15) is 38.2 Å². The second-order valence-corrected chi connectivity index (χ2v) is 8.84. The molecule has 1 aromatic heterocycles. The number of pyridine rings is 1. The number of hydrogen-bond donors (Lipinski definition) is 2. The number of para-hydroxylation sites is 1. The van der Waals surface area contributed by atoms with E-state index in [1.807, 2.05) is 49.4 Å². The van der Waals surface area contributed by atoms with Crippen LogP contribution in [0, 0.1) is 0 Å². The van der Waals surface area contributed by atoms with Gasteiger partial charge in [0.05, 0.1) is 5.52 Å². The molecule has 1 saturated carbocycles. The van der Waals surface area contributed by atoms with Crippen LogP contribution >= 0.6 is 0 Å². The molecule has 1 fully saturated rings. The van der Waals surface area contributed by atoms with Gasteiger partial charge >= 0.3 is 0 Å². The molecule has 2 N–H and O–H groups in total. The standard InChI is InChI=1S/C27H32N4O/c1-19(17-20-9-5-4-6-10-20)27(32)29-22-15-13-21(14-16-22)28-26-18-25(31(2)3)23-11-7-8-12-24(23)30-26/h4-12,17-18,21-22H,13-16H2,1-3H3,(H,28,30)(H,29,32)/t21-,22+.